The average Bonchev–Trinajstić information content (AvgIpc) is 3.22. The summed E-state index contributed by atoms with van der Waals surface area (Å²) in [6.07, 6.45) is 0. The van der Waals surface area contributed by atoms with Crippen LogP contribution in [-0.4, -0.2) is 9.97 Å². The highest BCUT2D eigenvalue weighted by Crippen LogP contribution is 2.55. The maximum absolute atomic E-state index is 5.29. The molecule has 1 aromatic heterocycles. The second kappa shape index (κ2) is 12.9. The molecule has 4 nitrogen and oxygen atoms in total. The molecule has 0 amide bonds. The van der Waals surface area contributed by atoms with Gasteiger partial charge in [0, 0.05) is 47.6 Å². The maximum Gasteiger partial charge on any atom is 0.160 e. The Balaban J connectivity index is 1.26. The van der Waals surface area contributed by atoms with Crippen molar-refractivity contribution >= 4 is 57.6 Å². The third kappa shape index (κ3) is 5.44. The molecule has 0 aliphatic carbocycles. The SMILES string of the molecule is c1ccc(-c2cc(-c3ccccc3)nc(-c3cc(N4c5ccccc5Sc5ccccc54)cc(N4c5ccccc5Sc5ccccc54)c3)n2)cc1. The Hall–Kier alpha value is -6.08. The standard InChI is InChI=1S/C46H30N4S2/c1-3-15-31(16-4-1)36-30-37(32-17-5-2-6-18-32)48-46(47-36)33-27-34(49-38-19-7-11-23-42(38)51-43-24-12-8-20-39(43)49)29-35(28-33)50-40-21-9-13-25-44(40)52-45-26-14-10-22-41(45)50/h1-30H. The molecule has 0 saturated carbocycles. The maximum atomic E-state index is 5.29. The molecule has 52 heavy (non-hydrogen) atoms. The minimum absolute atomic E-state index is 0.671. The molecule has 0 spiro atoms. The highest BCUT2D eigenvalue weighted by atomic mass is 32.2. The third-order valence-corrected chi connectivity index (χ3v) is 11.7. The number of rotatable bonds is 5. The van der Waals surface area contributed by atoms with Crippen LogP contribution in [0.5, 0.6) is 0 Å². The molecular weight excluding hydrogens is 673 g/mol. The average molecular weight is 703 g/mol. The van der Waals surface area contributed by atoms with E-state index in [2.05, 4.69) is 180 Å². The van der Waals surface area contributed by atoms with E-state index in [1.54, 1.807) is 0 Å². The van der Waals surface area contributed by atoms with Crippen molar-refractivity contribution in [3.8, 4) is 33.9 Å². The van der Waals surface area contributed by atoms with Gasteiger partial charge < -0.3 is 9.80 Å². The van der Waals surface area contributed by atoms with Crippen LogP contribution in [0.25, 0.3) is 33.9 Å². The van der Waals surface area contributed by atoms with Crippen LogP contribution in [0.4, 0.5) is 34.1 Å². The predicted octanol–water partition coefficient (Wildman–Crippen LogP) is 13.3. The minimum Gasteiger partial charge on any atom is -0.308 e. The molecule has 0 unspecified atom stereocenters. The fraction of sp³-hybridized carbons (Fsp3) is 0. The number of anilines is 6. The van der Waals surface area contributed by atoms with Gasteiger partial charge >= 0.3 is 0 Å². The first-order valence-electron chi connectivity index (χ1n) is 17.2. The van der Waals surface area contributed by atoms with E-state index in [1.165, 1.54) is 19.6 Å². The van der Waals surface area contributed by atoms with Crippen LogP contribution in [-0.2, 0) is 0 Å². The number of para-hydroxylation sites is 4. The van der Waals surface area contributed by atoms with Gasteiger partial charge in [0.2, 0.25) is 0 Å². The third-order valence-electron chi connectivity index (χ3n) is 9.41. The van der Waals surface area contributed by atoms with E-state index >= 15 is 0 Å². The lowest BCUT2D eigenvalue weighted by Crippen LogP contribution is -2.18. The van der Waals surface area contributed by atoms with Gasteiger partial charge in [-0.15, -0.1) is 0 Å². The zero-order chi connectivity index (χ0) is 34.4. The Bertz CT molecular complexity index is 2340. The lowest BCUT2D eigenvalue weighted by molar-refractivity contribution is 1.14. The van der Waals surface area contributed by atoms with E-state index in [-0.39, 0.29) is 0 Å². The number of aromatic nitrogens is 2. The van der Waals surface area contributed by atoms with E-state index in [4.69, 9.17) is 9.97 Å². The first kappa shape index (κ1) is 30.7. The predicted molar refractivity (Wildman–Crippen MR) is 216 cm³/mol. The first-order chi connectivity index (χ1) is 25.8. The summed E-state index contributed by atoms with van der Waals surface area (Å²) in [6.45, 7) is 0. The highest BCUT2D eigenvalue weighted by Gasteiger charge is 2.29. The summed E-state index contributed by atoms with van der Waals surface area (Å²) >= 11 is 3.63. The lowest BCUT2D eigenvalue weighted by Gasteiger charge is -2.36. The molecule has 6 heteroatoms. The Morgan fingerprint density at radius 2 is 0.673 bits per heavy atom. The minimum atomic E-state index is 0.671. The van der Waals surface area contributed by atoms with Crippen molar-refractivity contribution in [3.05, 3.63) is 182 Å². The van der Waals surface area contributed by atoms with Crippen molar-refractivity contribution in [2.75, 3.05) is 9.80 Å². The summed E-state index contributed by atoms with van der Waals surface area (Å²) < 4.78 is 0. The Morgan fingerprint density at radius 3 is 1.06 bits per heavy atom. The fourth-order valence-electron chi connectivity index (χ4n) is 7.04. The Kier molecular flexibility index (Phi) is 7.63. The van der Waals surface area contributed by atoms with Gasteiger partial charge in [-0.3, -0.25) is 0 Å². The second-order valence-corrected chi connectivity index (χ2v) is 14.8. The van der Waals surface area contributed by atoms with Crippen LogP contribution in [0.15, 0.2) is 202 Å². The summed E-state index contributed by atoms with van der Waals surface area (Å²) in [5.74, 6) is 0.671. The largest absolute Gasteiger partial charge is 0.308 e. The molecule has 0 N–H and O–H groups in total. The van der Waals surface area contributed by atoms with Crippen molar-refractivity contribution in [2.45, 2.75) is 19.6 Å². The number of hydrogen-bond acceptors (Lipinski definition) is 6. The molecule has 0 radical (unpaired) electrons. The quantitative estimate of drug-likeness (QED) is 0.178. The monoisotopic (exact) mass is 702 g/mol. The van der Waals surface area contributed by atoms with E-state index in [0.717, 1.165) is 62.2 Å². The van der Waals surface area contributed by atoms with Gasteiger partial charge in [-0.25, -0.2) is 9.97 Å². The van der Waals surface area contributed by atoms with Crippen molar-refractivity contribution < 1.29 is 0 Å². The number of nitrogens with zero attached hydrogens (tertiary/aromatic N) is 4. The van der Waals surface area contributed by atoms with Crippen molar-refractivity contribution in [1.29, 1.82) is 0 Å². The zero-order valence-corrected chi connectivity index (χ0v) is 29.6. The van der Waals surface area contributed by atoms with Gasteiger partial charge in [0.1, 0.15) is 0 Å². The van der Waals surface area contributed by atoms with E-state index in [0.29, 0.717) is 5.82 Å². The molecule has 2 aliphatic rings. The van der Waals surface area contributed by atoms with Crippen molar-refractivity contribution in [3.63, 3.8) is 0 Å². The van der Waals surface area contributed by atoms with Gasteiger partial charge in [-0.1, -0.05) is 133 Å². The summed E-state index contributed by atoms with van der Waals surface area (Å²) in [5, 5.41) is 0. The molecule has 10 rings (SSSR count). The zero-order valence-electron chi connectivity index (χ0n) is 27.9. The van der Waals surface area contributed by atoms with Crippen LogP contribution in [0.2, 0.25) is 0 Å². The van der Waals surface area contributed by atoms with Crippen molar-refractivity contribution in [2.24, 2.45) is 0 Å². The number of benzene rings is 7. The van der Waals surface area contributed by atoms with Crippen LogP contribution < -0.4 is 9.80 Å². The first-order valence-corrected chi connectivity index (χ1v) is 18.9. The van der Waals surface area contributed by atoms with Gasteiger partial charge in [-0.05, 0) is 72.8 Å². The van der Waals surface area contributed by atoms with Crippen LogP contribution >= 0.6 is 23.5 Å². The summed E-state index contributed by atoms with van der Waals surface area (Å²) in [6, 6.07) is 64.4. The van der Waals surface area contributed by atoms with Gasteiger partial charge in [0.25, 0.3) is 0 Å². The molecule has 0 saturated heterocycles. The number of hydrogen-bond donors (Lipinski definition) is 0. The topological polar surface area (TPSA) is 32.3 Å². The van der Waals surface area contributed by atoms with E-state index < -0.39 is 0 Å². The molecule has 0 bridgehead atoms. The molecule has 0 fully saturated rings. The molecule has 3 heterocycles. The fourth-order valence-corrected chi connectivity index (χ4v) is 9.15. The van der Waals surface area contributed by atoms with Crippen molar-refractivity contribution in [1.82, 2.24) is 9.97 Å². The smallest absolute Gasteiger partial charge is 0.160 e. The summed E-state index contributed by atoms with van der Waals surface area (Å²) in [5.41, 5.74) is 11.5. The molecule has 8 aromatic rings. The molecule has 0 atom stereocenters. The van der Waals surface area contributed by atoms with E-state index in [1.807, 2.05) is 35.7 Å². The number of fused-ring (bicyclic) bond motifs is 4. The van der Waals surface area contributed by atoms with Crippen LogP contribution in [0, 0.1) is 0 Å². The molecule has 2 aliphatic heterocycles. The molecule has 7 aromatic carbocycles. The molecular formula is C46H30N4S2. The van der Waals surface area contributed by atoms with Crippen LogP contribution in [0.1, 0.15) is 0 Å². The molecule has 246 valence electrons. The summed E-state index contributed by atoms with van der Waals surface area (Å²) in [7, 11) is 0. The second-order valence-electron chi connectivity index (χ2n) is 12.7. The Labute approximate surface area is 311 Å². The lowest BCUT2D eigenvalue weighted by atomic mass is 10.0. The van der Waals surface area contributed by atoms with Crippen LogP contribution in [0.3, 0.4) is 0 Å². The van der Waals surface area contributed by atoms with Gasteiger partial charge in [0.05, 0.1) is 34.1 Å². The normalized spacial score (nSPS) is 12.8. The van der Waals surface area contributed by atoms with Gasteiger partial charge in [-0.2, -0.15) is 0 Å². The van der Waals surface area contributed by atoms with E-state index in [9.17, 15) is 0 Å². The van der Waals surface area contributed by atoms with Gasteiger partial charge in [0.15, 0.2) is 5.82 Å². The highest BCUT2D eigenvalue weighted by molar-refractivity contribution is 8.00. The Morgan fingerprint density at radius 1 is 0.327 bits per heavy atom. The summed E-state index contributed by atoms with van der Waals surface area (Å²) in [4.78, 5) is 20.2.